The average Bonchev–Trinajstić information content (AvgIpc) is 3.51. The van der Waals surface area contributed by atoms with E-state index in [1.54, 1.807) is 0 Å². The second-order valence-electron chi connectivity index (χ2n) is 7.71. The number of anilines is 3. The molecule has 32 heavy (non-hydrogen) atoms. The van der Waals surface area contributed by atoms with E-state index in [1.807, 2.05) is 60.8 Å². The Kier molecular flexibility index (Phi) is 5.54. The van der Waals surface area contributed by atoms with Crippen LogP contribution < -0.4 is 10.6 Å². The summed E-state index contributed by atoms with van der Waals surface area (Å²) in [6.07, 6.45) is 3.29. The first-order valence-corrected chi connectivity index (χ1v) is 11.2. The number of benzene rings is 1. The Hall–Kier alpha value is -3.37. The summed E-state index contributed by atoms with van der Waals surface area (Å²) in [4.78, 5) is 22.6. The van der Waals surface area contributed by atoms with Crippen molar-refractivity contribution in [3.05, 3.63) is 54.0 Å². The molecular formula is C22H23N7O2S. The number of hydrogen-bond acceptors (Lipinski definition) is 7. The maximum absolute atomic E-state index is 12.2. The molecule has 3 aromatic heterocycles. The van der Waals surface area contributed by atoms with Gasteiger partial charge in [0, 0.05) is 41.2 Å². The van der Waals surface area contributed by atoms with Gasteiger partial charge in [-0.1, -0.05) is 11.8 Å². The van der Waals surface area contributed by atoms with E-state index in [1.165, 1.54) is 11.8 Å². The molecule has 9 nitrogen and oxygen atoms in total. The fourth-order valence-electron chi connectivity index (χ4n) is 3.56. The van der Waals surface area contributed by atoms with Crippen molar-refractivity contribution in [1.29, 1.82) is 0 Å². The molecule has 0 bridgehead atoms. The number of ether oxygens (including phenoxy) is 1. The van der Waals surface area contributed by atoms with Crippen LogP contribution in [0.5, 0.6) is 0 Å². The predicted molar refractivity (Wildman–Crippen MR) is 123 cm³/mol. The minimum absolute atomic E-state index is 0.0889. The molecule has 4 heterocycles. The lowest BCUT2D eigenvalue weighted by Crippen LogP contribution is -2.26. The Labute approximate surface area is 189 Å². The topological polar surface area (TPSA) is 109 Å². The minimum Gasteiger partial charge on any atom is -0.368 e. The van der Waals surface area contributed by atoms with Crippen molar-refractivity contribution in [2.75, 3.05) is 17.2 Å². The first-order chi connectivity index (χ1) is 15.5. The Morgan fingerprint density at radius 1 is 1.22 bits per heavy atom. The van der Waals surface area contributed by atoms with E-state index >= 15 is 0 Å². The van der Waals surface area contributed by atoms with E-state index in [-0.39, 0.29) is 12.0 Å². The number of carbonyl (C=O) groups excluding carboxylic acids is 1. The van der Waals surface area contributed by atoms with Crippen molar-refractivity contribution in [3.8, 4) is 0 Å². The number of carbonyl (C=O) groups is 1. The standard InChI is InChI=1S/C22H23N7O2S/c1-13-10-18(28-27-13)25-22-26-20(11-19-23-14(2)12-29(19)22)32-16-7-5-15(6-8-16)24-21(30)17-4-3-9-31-17/h5-8,10-12,17H,3-4,9H2,1-2H3,(H,24,30)(H2,25,26,27,28). The van der Waals surface area contributed by atoms with Gasteiger partial charge in [0.15, 0.2) is 5.82 Å². The van der Waals surface area contributed by atoms with Crippen LogP contribution in [0.4, 0.5) is 17.5 Å². The number of aryl methyl sites for hydroxylation is 2. The number of H-pyrrole nitrogens is 1. The Morgan fingerprint density at radius 3 is 2.78 bits per heavy atom. The number of aromatic amines is 1. The van der Waals surface area contributed by atoms with Gasteiger partial charge in [0.2, 0.25) is 5.95 Å². The summed E-state index contributed by atoms with van der Waals surface area (Å²) in [5.41, 5.74) is 3.41. The molecule has 3 N–H and O–H groups in total. The SMILES string of the molecule is Cc1cn2c(Nc3cc(C)[nH]n3)nc(Sc3ccc(NC(=O)C4CCCO4)cc3)cc2n1. The predicted octanol–water partition coefficient (Wildman–Crippen LogP) is 4.08. The van der Waals surface area contributed by atoms with Crippen LogP contribution in [0.25, 0.3) is 5.65 Å². The smallest absolute Gasteiger partial charge is 0.253 e. The lowest BCUT2D eigenvalue weighted by molar-refractivity contribution is -0.124. The van der Waals surface area contributed by atoms with E-state index in [2.05, 4.69) is 25.8 Å². The van der Waals surface area contributed by atoms with Crippen LogP contribution in [0.15, 0.2) is 52.5 Å². The molecule has 0 radical (unpaired) electrons. The molecule has 1 fully saturated rings. The van der Waals surface area contributed by atoms with Gasteiger partial charge in [0.25, 0.3) is 5.91 Å². The van der Waals surface area contributed by atoms with Crippen molar-refractivity contribution in [2.45, 2.75) is 42.7 Å². The second-order valence-corrected chi connectivity index (χ2v) is 8.80. The summed E-state index contributed by atoms with van der Waals surface area (Å²) in [5.74, 6) is 1.24. The molecule has 1 aliphatic heterocycles. The van der Waals surface area contributed by atoms with E-state index < -0.39 is 0 Å². The van der Waals surface area contributed by atoms with Crippen molar-refractivity contribution in [3.63, 3.8) is 0 Å². The van der Waals surface area contributed by atoms with Crippen LogP contribution in [0.1, 0.15) is 24.2 Å². The van der Waals surface area contributed by atoms with E-state index in [0.717, 1.165) is 45.5 Å². The molecule has 0 spiro atoms. The molecule has 0 saturated carbocycles. The van der Waals surface area contributed by atoms with Crippen LogP contribution in [0.3, 0.4) is 0 Å². The zero-order valence-electron chi connectivity index (χ0n) is 17.8. The summed E-state index contributed by atoms with van der Waals surface area (Å²) in [5, 5.41) is 14.1. The largest absolute Gasteiger partial charge is 0.368 e. The number of imidazole rings is 1. The van der Waals surface area contributed by atoms with Crippen molar-refractivity contribution >= 4 is 40.8 Å². The molecule has 1 aromatic carbocycles. The molecule has 5 rings (SSSR count). The summed E-state index contributed by atoms with van der Waals surface area (Å²) in [6, 6.07) is 11.6. The monoisotopic (exact) mass is 449 g/mol. The number of nitrogens with zero attached hydrogens (tertiary/aromatic N) is 4. The van der Waals surface area contributed by atoms with Gasteiger partial charge in [-0.2, -0.15) is 5.10 Å². The molecule has 4 aromatic rings. The number of hydrogen-bond donors (Lipinski definition) is 3. The molecule has 0 aliphatic carbocycles. The average molecular weight is 450 g/mol. The van der Waals surface area contributed by atoms with E-state index in [4.69, 9.17) is 9.72 Å². The first-order valence-electron chi connectivity index (χ1n) is 10.4. The number of fused-ring (bicyclic) bond motifs is 1. The highest BCUT2D eigenvalue weighted by atomic mass is 32.2. The summed E-state index contributed by atoms with van der Waals surface area (Å²) in [7, 11) is 0. The maximum Gasteiger partial charge on any atom is 0.253 e. The third-order valence-corrected chi connectivity index (χ3v) is 5.99. The number of nitrogens with one attached hydrogen (secondary N) is 3. The van der Waals surface area contributed by atoms with Crippen molar-refractivity contribution in [2.24, 2.45) is 0 Å². The molecule has 1 amide bonds. The molecule has 164 valence electrons. The molecule has 1 saturated heterocycles. The normalized spacial score (nSPS) is 15.9. The quantitative estimate of drug-likeness (QED) is 0.381. The van der Waals surface area contributed by atoms with Gasteiger partial charge in [-0.3, -0.25) is 14.3 Å². The van der Waals surface area contributed by atoms with Crippen LogP contribution in [-0.2, 0) is 9.53 Å². The third kappa shape index (κ3) is 4.46. The molecule has 1 aliphatic rings. The molecule has 1 unspecified atom stereocenters. The fourth-order valence-corrected chi connectivity index (χ4v) is 4.37. The van der Waals surface area contributed by atoms with Gasteiger partial charge in [-0.05, 0) is 51.0 Å². The molecular weight excluding hydrogens is 426 g/mol. The van der Waals surface area contributed by atoms with Gasteiger partial charge in [0.1, 0.15) is 16.8 Å². The third-order valence-electron chi connectivity index (χ3n) is 5.06. The highest BCUT2D eigenvalue weighted by Crippen LogP contribution is 2.30. The minimum atomic E-state index is -0.345. The van der Waals surface area contributed by atoms with Gasteiger partial charge in [-0.15, -0.1) is 0 Å². The molecule has 10 heteroatoms. The Balaban J connectivity index is 1.34. The van der Waals surface area contributed by atoms with Crippen molar-refractivity contribution < 1.29 is 9.53 Å². The van der Waals surface area contributed by atoms with Crippen LogP contribution in [0.2, 0.25) is 0 Å². The highest BCUT2D eigenvalue weighted by Gasteiger charge is 2.23. The van der Waals surface area contributed by atoms with E-state index in [0.29, 0.717) is 18.4 Å². The van der Waals surface area contributed by atoms with Gasteiger partial charge < -0.3 is 15.4 Å². The Bertz CT molecular complexity index is 1260. The number of aromatic nitrogens is 5. The lowest BCUT2D eigenvalue weighted by atomic mass is 10.2. The van der Waals surface area contributed by atoms with Gasteiger partial charge in [-0.25, -0.2) is 9.97 Å². The first kappa shape index (κ1) is 20.5. The van der Waals surface area contributed by atoms with Crippen LogP contribution in [0, 0.1) is 13.8 Å². The Morgan fingerprint density at radius 2 is 2.06 bits per heavy atom. The fraction of sp³-hybridized carbons (Fsp3) is 0.273. The second kappa shape index (κ2) is 8.64. The highest BCUT2D eigenvalue weighted by molar-refractivity contribution is 7.99. The van der Waals surface area contributed by atoms with Crippen LogP contribution in [-0.4, -0.2) is 43.2 Å². The van der Waals surface area contributed by atoms with Crippen molar-refractivity contribution in [1.82, 2.24) is 24.6 Å². The zero-order valence-corrected chi connectivity index (χ0v) is 18.6. The van der Waals surface area contributed by atoms with Gasteiger partial charge in [0.05, 0.1) is 5.69 Å². The van der Waals surface area contributed by atoms with Gasteiger partial charge >= 0.3 is 0 Å². The summed E-state index contributed by atoms with van der Waals surface area (Å²) < 4.78 is 7.35. The summed E-state index contributed by atoms with van der Waals surface area (Å²) >= 11 is 1.52. The maximum atomic E-state index is 12.2. The zero-order chi connectivity index (χ0) is 22.1. The number of amides is 1. The van der Waals surface area contributed by atoms with E-state index in [9.17, 15) is 4.79 Å². The van der Waals surface area contributed by atoms with Crippen LogP contribution >= 0.6 is 11.8 Å². The molecule has 1 atom stereocenters. The lowest BCUT2D eigenvalue weighted by Gasteiger charge is -2.11. The summed E-state index contributed by atoms with van der Waals surface area (Å²) in [6.45, 7) is 4.55. The number of rotatable bonds is 6.